The summed E-state index contributed by atoms with van der Waals surface area (Å²) >= 11 is 0. The second kappa shape index (κ2) is 6.96. The second-order valence-corrected chi connectivity index (χ2v) is 5.18. The van der Waals surface area contributed by atoms with Crippen molar-refractivity contribution in [2.45, 2.75) is 31.7 Å². The first-order valence-corrected chi connectivity index (χ1v) is 7.06. The zero-order chi connectivity index (χ0) is 13.7. The smallest absolute Gasteiger partial charge is 0.163 e. The predicted octanol–water partition coefficient (Wildman–Crippen LogP) is 3.10. The summed E-state index contributed by atoms with van der Waals surface area (Å²) in [5.74, 6) is -1.49. The van der Waals surface area contributed by atoms with Crippen molar-refractivity contribution in [3.63, 3.8) is 0 Å². The van der Waals surface area contributed by atoms with Crippen molar-refractivity contribution in [3.8, 4) is 0 Å². The lowest BCUT2D eigenvalue weighted by Crippen LogP contribution is -2.33. The topological polar surface area (TPSA) is 15.3 Å². The van der Waals surface area contributed by atoms with Gasteiger partial charge in [0.1, 0.15) is 0 Å². The van der Waals surface area contributed by atoms with Crippen molar-refractivity contribution in [2.24, 2.45) is 0 Å². The average molecular weight is 268 g/mol. The minimum absolute atomic E-state index is 0.127. The van der Waals surface area contributed by atoms with Gasteiger partial charge in [-0.2, -0.15) is 0 Å². The Morgan fingerprint density at radius 3 is 2.63 bits per heavy atom. The van der Waals surface area contributed by atoms with E-state index in [-0.39, 0.29) is 6.04 Å². The lowest BCUT2D eigenvalue weighted by atomic mass is 10.0. The van der Waals surface area contributed by atoms with Gasteiger partial charge in [0.05, 0.1) is 0 Å². The highest BCUT2D eigenvalue weighted by atomic mass is 19.2. The Labute approximate surface area is 113 Å². The molecule has 0 saturated carbocycles. The van der Waals surface area contributed by atoms with Crippen LogP contribution in [0.15, 0.2) is 18.2 Å². The monoisotopic (exact) mass is 268 g/mol. The van der Waals surface area contributed by atoms with Gasteiger partial charge in [0.15, 0.2) is 11.6 Å². The first-order chi connectivity index (χ1) is 9.22. The van der Waals surface area contributed by atoms with E-state index in [1.165, 1.54) is 19.3 Å². The predicted molar refractivity (Wildman–Crippen MR) is 73.1 cm³/mol. The normalized spacial score (nSPS) is 18.5. The van der Waals surface area contributed by atoms with Gasteiger partial charge in [0, 0.05) is 11.6 Å². The van der Waals surface area contributed by atoms with Crippen LogP contribution in [0.1, 0.15) is 37.3 Å². The van der Waals surface area contributed by atoms with Crippen LogP contribution in [0, 0.1) is 11.6 Å². The number of nitrogens with zero attached hydrogens (tertiary/aromatic N) is 1. The van der Waals surface area contributed by atoms with Gasteiger partial charge < -0.3 is 10.2 Å². The van der Waals surface area contributed by atoms with Gasteiger partial charge >= 0.3 is 0 Å². The van der Waals surface area contributed by atoms with Crippen LogP contribution in [0.4, 0.5) is 8.78 Å². The number of rotatable bonds is 5. The summed E-state index contributed by atoms with van der Waals surface area (Å²) in [4.78, 5) is 2.41. The largest absolute Gasteiger partial charge is 0.313 e. The van der Waals surface area contributed by atoms with E-state index < -0.39 is 11.6 Å². The molecule has 1 saturated heterocycles. The highest BCUT2D eigenvalue weighted by Crippen LogP contribution is 2.22. The third-order valence-electron chi connectivity index (χ3n) is 3.89. The molecule has 1 aromatic rings. The number of likely N-dealkylation sites (tertiary alicyclic amines) is 1. The molecule has 1 aliphatic rings. The van der Waals surface area contributed by atoms with Crippen LogP contribution in [-0.2, 0) is 0 Å². The molecule has 0 radical (unpaired) electrons. The molecule has 1 atom stereocenters. The summed E-state index contributed by atoms with van der Waals surface area (Å²) in [6, 6.07) is 4.27. The molecule has 1 heterocycles. The fourth-order valence-corrected chi connectivity index (χ4v) is 2.74. The Kier molecular flexibility index (Phi) is 5.28. The third-order valence-corrected chi connectivity index (χ3v) is 3.89. The van der Waals surface area contributed by atoms with E-state index in [9.17, 15) is 8.78 Å². The van der Waals surface area contributed by atoms with E-state index in [2.05, 4.69) is 10.2 Å². The molecule has 0 aliphatic carbocycles. The molecule has 0 amide bonds. The number of benzene rings is 1. The molecule has 1 unspecified atom stereocenters. The fourth-order valence-electron chi connectivity index (χ4n) is 2.74. The Balaban J connectivity index is 1.97. The molecule has 0 spiro atoms. The molecule has 1 aliphatic heterocycles. The van der Waals surface area contributed by atoms with E-state index >= 15 is 0 Å². The molecule has 0 bridgehead atoms. The van der Waals surface area contributed by atoms with Crippen molar-refractivity contribution in [1.82, 2.24) is 10.2 Å². The Hall–Kier alpha value is -1.00. The average Bonchev–Trinajstić information content (AvgIpc) is 2.45. The van der Waals surface area contributed by atoms with Crippen LogP contribution in [0.5, 0.6) is 0 Å². The van der Waals surface area contributed by atoms with E-state index in [1.807, 2.05) is 0 Å². The quantitative estimate of drug-likeness (QED) is 0.882. The van der Waals surface area contributed by atoms with Crippen molar-refractivity contribution in [1.29, 1.82) is 0 Å². The summed E-state index contributed by atoms with van der Waals surface area (Å²) in [5.41, 5.74) is 0.430. The molecule has 106 valence electrons. The Bertz CT molecular complexity index is 403. The van der Waals surface area contributed by atoms with Crippen molar-refractivity contribution >= 4 is 0 Å². The van der Waals surface area contributed by atoms with Crippen LogP contribution in [0.2, 0.25) is 0 Å². The molecule has 0 aromatic heterocycles. The Morgan fingerprint density at radius 2 is 1.95 bits per heavy atom. The minimum Gasteiger partial charge on any atom is -0.313 e. The standard InChI is InChI=1S/C15H22F2N2/c1-18-14(8-11-19-9-3-2-4-10-19)12-6-5-7-13(16)15(12)17/h5-7,14,18H,2-4,8-11H2,1H3. The minimum atomic E-state index is -0.768. The molecule has 2 nitrogen and oxygen atoms in total. The zero-order valence-electron chi connectivity index (χ0n) is 11.5. The first-order valence-electron chi connectivity index (χ1n) is 7.06. The van der Waals surface area contributed by atoms with Crippen molar-refractivity contribution in [2.75, 3.05) is 26.7 Å². The van der Waals surface area contributed by atoms with Gasteiger partial charge in [-0.25, -0.2) is 8.78 Å². The lowest BCUT2D eigenvalue weighted by Gasteiger charge is -2.28. The van der Waals surface area contributed by atoms with Crippen molar-refractivity contribution < 1.29 is 8.78 Å². The van der Waals surface area contributed by atoms with Crippen LogP contribution < -0.4 is 5.32 Å². The summed E-state index contributed by atoms with van der Waals surface area (Å²) in [7, 11) is 1.80. The molecule has 1 aromatic carbocycles. The first kappa shape index (κ1) is 14.4. The van der Waals surface area contributed by atoms with Gasteiger partial charge in [-0.15, -0.1) is 0 Å². The maximum Gasteiger partial charge on any atom is 0.163 e. The summed E-state index contributed by atoms with van der Waals surface area (Å²) < 4.78 is 27.0. The van der Waals surface area contributed by atoms with Gasteiger partial charge in [0.2, 0.25) is 0 Å². The Morgan fingerprint density at radius 1 is 1.21 bits per heavy atom. The third kappa shape index (κ3) is 3.74. The van der Waals surface area contributed by atoms with E-state index in [1.54, 1.807) is 19.2 Å². The number of hydrogen-bond acceptors (Lipinski definition) is 2. The van der Waals surface area contributed by atoms with Crippen LogP contribution >= 0.6 is 0 Å². The summed E-state index contributed by atoms with van der Waals surface area (Å²) in [6.07, 6.45) is 4.61. The summed E-state index contributed by atoms with van der Waals surface area (Å²) in [5, 5.41) is 3.09. The van der Waals surface area contributed by atoms with Crippen LogP contribution in [0.3, 0.4) is 0 Å². The number of halogens is 2. The van der Waals surface area contributed by atoms with E-state index in [4.69, 9.17) is 0 Å². The maximum atomic E-state index is 13.8. The molecular formula is C15H22F2N2. The SMILES string of the molecule is CNC(CCN1CCCCC1)c1cccc(F)c1F. The van der Waals surface area contributed by atoms with Crippen LogP contribution in [0.25, 0.3) is 0 Å². The highest BCUT2D eigenvalue weighted by Gasteiger charge is 2.18. The van der Waals surface area contributed by atoms with Crippen molar-refractivity contribution in [3.05, 3.63) is 35.4 Å². The number of piperidine rings is 1. The zero-order valence-corrected chi connectivity index (χ0v) is 11.5. The lowest BCUT2D eigenvalue weighted by molar-refractivity contribution is 0.217. The highest BCUT2D eigenvalue weighted by molar-refractivity contribution is 5.22. The van der Waals surface area contributed by atoms with E-state index in [0.717, 1.165) is 32.1 Å². The molecular weight excluding hydrogens is 246 g/mol. The molecule has 1 N–H and O–H groups in total. The molecule has 2 rings (SSSR count). The molecule has 4 heteroatoms. The van der Waals surface area contributed by atoms with E-state index in [0.29, 0.717) is 5.56 Å². The number of hydrogen-bond donors (Lipinski definition) is 1. The molecule has 19 heavy (non-hydrogen) atoms. The molecule has 1 fully saturated rings. The fraction of sp³-hybridized carbons (Fsp3) is 0.600. The van der Waals surface area contributed by atoms with Gasteiger partial charge in [-0.05, 0) is 52.0 Å². The van der Waals surface area contributed by atoms with Gasteiger partial charge in [-0.1, -0.05) is 18.6 Å². The van der Waals surface area contributed by atoms with Gasteiger partial charge in [-0.3, -0.25) is 0 Å². The van der Waals surface area contributed by atoms with Gasteiger partial charge in [0.25, 0.3) is 0 Å². The van der Waals surface area contributed by atoms with Crippen LogP contribution in [-0.4, -0.2) is 31.6 Å². The second-order valence-electron chi connectivity index (χ2n) is 5.18. The number of nitrogens with one attached hydrogen (secondary N) is 1. The maximum absolute atomic E-state index is 13.8. The summed E-state index contributed by atoms with van der Waals surface area (Å²) in [6.45, 7) is 3.19.